The molecule has 172 valence electrons. The van der Waals surface area contributed by atoms with Gasteiger partial charge in [-0.2, -0.15) is 5.10 Å². The van der Waals surface area contributed by atoms with E-state index in [1.54, 1.807) is 31.0 Å². The molecule has 0 N–H and O–H groups in total. The maximum atomic E-state index is 13.2. The fourth-order valence-electron chi connectivity index (χ4n) is 3.92. The minimum Gasteiger partial charge on any atom is -0.368 e. The minimum atomic E-state index is -0.410. The zero-order valence-corrected chi connectivity index (χ0v) is 19.7. The quantitative estimate of drug-likeness (QED) is 0.427. The number of nitro groups is 1. The third-order valence-corrected chi connectivity index (χ3v) is 7.07. The summed E-state index contributed by atoms with van der Waals surface area (Å²) in [5.41, 5.74) is 3.15. The molecule has 1 amide bonds. The molecule has 1 saturated heterocycles. The van der Waals surface area contributed by atoms with E-state index in [9.17, 15) is 19.7 Å². The first-order chi connectivity index (χ1) is 15.7. The number of carbonyl (C=O) groups excluding carboxylic acids is 1. The van der Waals surface area contributed by atoms with E-state index in [0.29, 0.717) is 47.3 Å². The summed E-state index contributed by atoms with van der Waals surface area (Å²) in [6.45, 7) is 7.57. The number of piperazine rings is 1. The molecule has 10 nitrogen and oxygen atoms in total. The lowest BCUT2D eigenvalue weighted by Gasteiger charge is -2.35. The summed E-state index contributed by atoms with van der Waals surface area (Å²) in [5.74, 6) is -0.116. The van der Waals surface area contributed by atoms with Crippen LogP contribution in [0.5, 0.6) is 0 Å². The zero-order valence-electron chi connectivity index (χ0n) is 18.9. The normalized spacial score (nSPS) is 13.9. The Morgan fingerprint density at radius 2 is 1.82 bits per heavy atom. The summed E-state index contributed by atoms with van der Waals surface area (Å²) in [7, 11) is 1.60. The molecule has 3 heterocycles. The van der Waals surface area contributed by atoms with E-state index in [1.165, 1.54) is 22.1 Å². The van der Waals surface area contributed by atoms with Crippen LogP contribution in [-0.2, 0) is 7.05 Å². The molecular formula is C22H24N6O4S. The van der Waals surface area contributed by atoms with Gasteiger partial charge < -0.3 is 9.80 Å². The molecule has 0 unspecified atom stereocenters. The van der Waals surface area contributed by atoms with E-state index < -0.39 is 4.92 Å². The van der Waals surface area contributed by atoms with Gasteiger partial charge in [-0.3, -0.25) is 19.7 Å². The van der Waals surface area contributed by atoms with Crippen molar-refractivity contribution in [3.63, 3.8) is 0 Å². The molecule has 1 aromatic carbocycles. The molecule has 0 aliphatic carbocycles. The summed E-state index contributed by atoms with van der Waals surface area (Å²) < 4.78 is 1.29. The minimum absolute atomic E-state index is 0.0478. The maximum Gasteiger partial charge on any atom is 0.277 e. The highest BCUT2D eigenvalue weighted by atomic mass is 32.1. The average molecular weight is 469 g/mol. The highest BCUT2D eigenvalue weighted by Gasteiger charge is 2.27. The third-order valence-electron chi connectivity index (χ3n) is 5.90. The molecule has 33 heavy (non-hydrogen) atoms. The first-order valence-corrected chi connectivity index (χ1v) is 11.3. The number of non-ortho nitro benzene ring substituents is 1. The van der Waals surface area contributed by atoms with Gasteiger partial charge >= 0.3 is 0 Å². The van der Waals surface area contributed by atoms with Crippen LogP contribution in [0.15, 0.2) is 29.1 Å². The fraction of sp³-hybridized carbons (Fsp3) is 0.364. The van der Waals surface area contributed by atoms with Crippen LogP contribution in [0.3, 0.4) is 0 Å². The van der Waals surface area contributed by atoms with Crippen molar-refractivity contribution in [1.82, 2.24) is 19.7 Å². The van der Waals surface area contributed by atoms with Crippen LogP contribution >= 0.6 is 11.3 Å². The Morgan fingerprint density at radius 3 is 2.48 bits per heavy atom. The molecule has 4 rings (SSSR count). The first-order valence-electron chi connectivity index (χ1n) is 10.5. The number of benzene rings is 1. The lowest BCUT2D eigenvalue weighted by molar-refractivity contribution is -0.384. The number of thiazole rings is 1. The Labute approximate surface area is 194 Å². The van der Waals surface area contributed by atoms with Crippen LogP contribution in [-0.4, -0.2) is 56.7 Å². The summed E-state index contributed by atoms with van der Waals surface area (Å²) in [6, 6.07) is 6.52. The number of rotatable bonds is 4. The molecule has 0 bridgehead atoms. The molecular weight excluding hydrogens is 444 g/mol. The van der Waals surface area contributed by atoms with Crippen molar-refractivity contribution in [2.75, 3.05) is 31.1 Å². The molecule has 0 atom stereocenters. The monoisotopic (exact) mass is 468 g/mol. The predicted octanol–water partition coefficient (Wildman–Crippen LogP) is 2.70. The highest BCUT2D eigenvalue weighted by Crippen LogP contribution is 2.30. The van der Waals surface area contributed by atoms with Gasteiger partial charge in [-0.1, -0.05) is 6.07 Å². The molecule has 11 heteroatoms. The van der Waals surface area contributed by atoms with Crippen molar-refractivity contribution in [3.05, 3.63) is 66.6 Å². The molecule has 3 aromatic rings. The van der Waals surface area contributed by atoms with E-state index in [4.69, 9.17) is 0 Å². The van der Waals surface area contributed by atoms with Crippen molar-refractivity contribution in [2.24, 2.45) is 7.05 Å². The fourth-order valence-corrected chi connectivity index (χ4v) is 5.04. The predicted molar refractivity (Wildman–Crippen MR) is 126 cm³/mol. The molecule has 0 saturated carbocycles. The second-order valence-corrected chi connectivity index (χ2v) is 9.00. The van der Waals surface area contributed by atoms with Gasteiger partial charge in [-0.15, -0.1) is 11.3 Å². The SMILES string of the molecule is Cc1nc(-c2c(C)c(C)nn(C)c2=O)sc1C(=O)N1CCN(c2cccc([N+](=O)[O-])c2)CC1. The van der Waals surface area contributed by atoms with Crippen LogP contribution in [0.25, 0.3) is 10.6 Å². The standard InChI is InChI=1S/C22H24N6O4S/c1-13-14(2)24-25(4)21(29)18(13)20-23-15(3)19(33-20)22(30)27-10-8-26(9-11-27)16-6-5-7-17(12-16)28(31)32/h5-7,12H,8-11H2,1-4H3. The largest absolute Gasteiger partial charge is 0.368 e. The van der Waals surface area contributed by atoms with Gasteiger partial charge in [0.25, 0.3) is 17.2 Å². The van der Waals surface area contributed by atoms with Gasteiger partial charge in [-0.05, 0) is 32.4 Å². The molecule has 1 aliphatic heterocycles. The van der Waals surface area contributed by atoms with Crippen molar-refractivity contribution in [3.8, 4) is 10.6 Å². The van der Waals surface area contributed by atoms with Gasteiger partial charge in [0, 0.05) is 51.0 Å². The van der Waals surface area contributed by atoms with Crippen LogP contribution in [0.1, 0.15) is 26.6 Å². The van der Waals surface area contributed by atoms with Crippen molar-refractivity contribution >= 4 is 28.6 Å². The topological polar surface area (TPSA) is 114 Å². The number of nitrogens with zero attached hydrogens (tertiary/aromatic N) is 6. The molecule has 0 spiro atoms. The van der Waals surface area contributed by atoms with Crippen LogP contribution in [0.2, 0.25) is 0 Å². The van der Waals surface area contributed by atoms with Crippen molar-refractivity contribution in [1.29, 1.82) is 0 Å². The number of anilines is 1. The zero-order chi connectivity index (χ0) is 23.9. The summed E-state index contributed by atoms with van der Waals surface area (Å²) in [5, 5.41) is 15.8. The maximum absolute atomic E-state index is 13.2. The number of amides is 1. The number of aryl methyl sites for hydroxylation is 3. The Bertz CT molecular complexity index is 1310. The van der Waals surface area contributed by atoms with Gasteiger partial charge in [-0.25, -0.2) is 9.67 Å². The van der Waals surface area contributed by atoms with E-state index in [-0.39, 0.29) is 17.2 Å². The lowest BCUT2D eigenvalue weighted by Crippen LogP contribution is -2.48. The first kappa shape index (κ1) is 22.6. The molecule has 1 aliphatic rings. The number of nitro benzene ring substituents is 1. The number of hydrogen-bond acceptors (Lipinski definition) is 8. The summed E-state index contributed by atoms with van der Waals surface area (Å²) in [4.78, 5) is 45.5. The second kappa shape index (κ2) is 8.74. The van der Waals surface area contributed by atoms with Crippen LogP contribution < -0.4 is 10.5 Å². The Morgan fingerprint density at radius 1 is 1.12 bits per heavy atom. The smallest absolute Gasteiger partial charge is 0.277 e. The van der Waals surface area contributed by atoms with Gasteiger partial charge in [0.15, 0.2) is 0 Å². The number of aromatic nitrogens is 3. The van der Waals surface area contributed by atoms with Crippen molar-refractivity contribution < 1.29 is 9.72 Å². The number of carbonyl (C=O) groups is 1. The average Bonchev–Trinajstić information content (AvgIpc) is 3.18. The van der Waals surface area contributed by atoms with E-state index in [0.717, 1.165) is 16.9 Å². The van der Waals surface area contributed by atoms with E-state index in [1.807, 2.05) is 24.8 Å². The van der Waals surface area contributed by atoms with Crippen LogP contribution in [0.4, 0.5) is 11.4 Å². The number of hydrogen-bond donors (Lipinski definition) is 0. The summed E-state index contributed by atoms with van der Waals surface area (Å²) >= 11 is 1.23. The van der Waals surface area contributed by atoms with Crippen LogP contribution in [0, 0.1) is 30.9 Å². The molecule has 0 radical (unpaired) electrons. The Balaban J connectivity index is 1.53. The highest BCUT2D eigenvalue weighted by molar-refractivity contribution is 7.17. The second-order valence-electron chi connectivity index (χ2n) is 8.00. The summed E-state index contributed by atoms with van der Waals surface area (Å²) in [6.07, 6.45) is 0. The van der Waals surface area contributed by atoms with Crippen molar-refractivity contribution in [2.45, 2.75) is 20.8 Å². The van der Waals surface area contributed by atoms with Gasteiger partial charge in [0.2, 0.25) is 0 Å². The lowest BCUT2D eigenvalue weighted by atomic mass is 10.1. The van der Waals surface area contributed by atoms with E-state index >= 15 is 0 Å². The van der Waals surface area contributed by atoms with E-state index in [2.05, 4.69) is 10.1 Å². The Kier molecular flexibility index (Phi) is 5.98. The third kappa shape index (κ3) is 4.23. The molecule has 2 aromatic heterocycles. The van der Waals surface area contributed by atoms with Gasteiger partial charge in [0.1, 0.15) is 9.88 Å². The molecule has 1 fully saturated rings. The Hall–Kier alpha value is -3.60. The van der Waals surface area contributed by atoms with Gasteiger partial charge in [0.05, 0.1) is 21.9 Å².